The van der Waals surface area contributed by atoms with E-state index in [0.29, 0.717) is 35.1 Å². The van der Waals surface area contributed by atoms with Crippen LogP contribution in [0.3, 0.4) is 0 Å². The summed E-state index contributed by atoms with van der Waals surface area (Å²) < 4.78 is 1.25. The molecular formula is C22H16N6O. The van der Waals surface area contributed by atoms with Crippen LogP contribution >= 0.6 is 0 Å². The molecule has 0 aliphatic rings. The van der Waals surface area contributed by atoms with Gasteiger partial charge in [-0.3, -0.25) is 9.78 Å². The molecule has 0 spiro atoms. The van der Waals surface area contributed by atoms with Crippen LogP contribution < -0.4 is 5.32 Å². The van der Waals surface area contributed by atoms with Gasteiger partial charge in [-0.2, -0.15) is 14.9 Å². The minimum Gasteiger partial charge on any atom is -0.350 e. The van der Waals surface area contributed by atoms with Crippen LogP contribution in [0.4, 0.5) is 5.95 Å². The van der Waals surface area contributed by atoms with Crippen molar-refractivity contribution in [3.05, 3.63) is 95.7 Å². The number of nitriles is 1. The first-order valence-electron chi connectivity index (χ1n) is 8.96. The second kappa shape index (κ2) is 8.15. The molecule has 0 saturated carbocycles. The number of rotatable bonds is 5. The summed E-state index contributed by atoms with van der Waals surface area (Å²) in [4.78, 5) is 21.7. The second-order valence-electron chi connectivity index (χ2n) is 6.22. The summed E-state index contributed by atoms with van der Waals surface area (Å²) in [5, 5.41) is 16.5. The Morgan fingerprint density at radius 1 is 1.00 bits per heavy atom. The van der Waals surface area contributed by atoms with E-state index in [2.05, 4.69) is 26.5 Å². The van der Waals surface area contributed by atoms with Gasteiger partial charge in [0.05, 0.1) is 11.6 Å². The standard InChI is InChI=1S/C22H16N6O/c23-14-16-9-11-17(12-10-16)15-25-22-26-20(19-8-4-5-13-24-19)27-28(22)21(29)18-6-2-1-3-7-18/h1-13H,15H2,(H,25,26,27). The molecule has 2 heterocycles. The van der Waals surface area contributed by atoms with Crippen molar-refractivity contribution < 1.29 is 4.79 Å². The summed E-state index contributed by atoms with van der Waals surface area (Å²) in [6, 6.07) is 23.6. The van der Waals surface area contributed by atoms with E-state index in [1.54, 1.807) is 54.7 Å². The zero-order valence-electron chi connectivity index (χ0n) is 15.4. The van der Waals surface area contributed by atoms with Crippen molar-refractivity contribution >= 4 is 11.9 Å². The highest BCUT2D eigenvalue weighted by atomic mass is 16.2. The van der Waals surface area contributed by atoms with E-state index >= 15 is 0 Å². The zero-order chi connectivity index (χ0) is 20.1. The third kappa shape index (κ3) is 4.01. The van der Waals surface area contributed by atoms with Gasteiger partial charge in [-0.1, -0.05) is 36.4 Å². The second-order valence-corrected chi connectivity index (χ2v) is 6.22. The Hall–Kier alpha value is -4.31. The van der Waals surface area contributed by atoms with Crippen molar-refractivity contribution in [2.24, 2.45) is 0 Å². The molecule has 0 aliphatic carbocycles. The smallest absolute Gasteiger partial charge is 0.281 e. The van der Waals surface area contributed by atoms with Crippen LogP contribution in [0.5, 0.6) is 0 Å². The number of anilines is 1. The number of aromatic nitrogens is 4. The number of carbonyl (C=O) groups excluding carboxylic acids is 1. The molecule has 2 aromatic carbocycles. The molecule has 0 bridgehead atoms. The van der Waals surface area contributed by atoms with Crippen LogP contribution in [-0.4, -0.2) is 25.7 Å². The molecular weight excluding hydrogens is 364 g/mol. The van der Waals surface area contributed by atoms with Gasteiger partial charge >= 0.3 is 0 Å². The fourth-order valence-electron chi connectivity index (χ4n) is 2.75. The topological polar surface area (TPSA) is 96.5 Å². The Morgan fingerprint density at radius 3 is 2.45 bits per heavy atom. The van der Waals surface area contributed by atoms with Gasteiger partial charge in [-0.25, -0.2) is 0 Å². The fourth-order valence-corrected chi connectivity index (χ4v) is 2.75. The molecule has 29 heavy (non-hydrogen) atoms. The maximum absolute atomic E-state index is 13.0. The third-order valence-corrected chi connectivity index (χ3v) is 4.25. The van der Waals surface area contributed by atoms with Crippen LogP contribution in [-0.2, 0) is 6.54 Å². The maximum atomic E-state index is 13.0. The number of hydrogen-bond acceptors (Lipinski definition) is 6. The molecule has 0 aliphatic heterocycles. The van der Waals surface area contributed by atoms with Gasteiger partial charge in [0, 0.05) is 18.3 Å². The SMILES string of the molecule is N#Cc1ccc(CNc2nc(-c3ccccn3)nn2C(=O)c2ccccc2)cc1. The lowest BCUT2D eigenvalue weighted by Crippen LogP contribution is -2.17. The van der Waals surface area contributed by atoms with Crippen molar-refractivity contribution in [1.29, 1.82) is 5.26 Å². The molecule has 0 unspecified atom stereocenters. The van der Waals surface area contributed by atoms with Gasteiger partial charge in [0.25, 0.3) is 5.91 Å². The monoisotopic (exact) mass is 380 g/mol. The average molecular weight is 380 g/mol. The predicted molar refractivity (Wildman–Crippen MR) is 108 cm³/mol. The fraction of sp³-hybridized carbons (Fsp3) is 0.0455. The van der Waals surface area contributed by atoms with Gasteiger partial charge < -0.3 is 5.32 Å². The molecule has 0 atom stereocenters. The Bertz CT molecular complexity index is 1160. The highest BCUT2D eigenvalue weighted by molar-refractivity contribution is 5.97. The van der Waals surface area contributed by atoms with E-state index in [-0.39, 0.29) is 5.91 Å². The van der Waals surface area contributed by atoms with Gasteiger partial charge in [0.2, 0.25) is 11.8 Å². The van der Waals surface area contributed by atoms with Crippen molar-refractivity contribution in [1.82, 2.24) is 19.7 Å². The molecule has 7 heteroatoms. The number of benzene rings is 2. The summed E-state index contributed by atoms with van der Waals surface area (Å²) >= 11 is 0. The lowest BCUT2D eigenvalue weighted by molar-refractivity contribution is 0.0947. The maximum Gasteiger partial charge on any atom is 0.281 e. The highest BCUT2D eigenvalue weighted by Crippen LogP contribution is 2.18. The van der Waals surface area contributed by atoms with E-state index in [0.717, 1.165) is 5.56 Å². The van der Waals surface area contributed by atoms with Gasteiger partial charge in [-0.05, 0) is 42.0 Å². The summed E-state index contributed by atoms with van der Waals surface area (Å²) in [5.74, 6) is 0.392. The van der Waals surface area contributed by atoms with Crippen LogP contribution in [0.25, 0.3) is 11.5 Å². The lowest BCUT2D eigenvalue weighted by atomic mass is 10.1. The number of carbonyl (C=O) groups is 1. The highest BCUT2D eigenvalue weighted by Gasteiger charge is 2.19. The largest absolute Gasteiger partial charge is 0.350 e. The Morgan fingerprint density at radius 2 is 1.76 bits per heavy atom. The molecule has 4 aromatic rings. The Kier molecular flexibility index (Phi) is 5.08. The molecule has 7 nitrogen and oxygen atoms in total. The molecule has 140 valence electrons. The van der Waals surface area contributed by atoms with Crippen LogP contribution in [0.1, 0.15) is 21.5 Å². The molecule has 1 N–H and O–H groups in total. The summed E-state index contributed by atoms with van der Waals surface area (Å²) in [6.45, 7) is 0.425. The van der Waals surface area contributed by atoms with Crippen molar-refractivity contribution in [3.8, 4) is 17.6 Å². The number of hydrogen-bond donors (Lipinski definition) is 1. The van der Waals surface area contributed by atoms with E-state index in [1.165, 1.54) is 4.68 Å². The normalized spacial score (nSPS) is 10.3. The van der Waals surface area contributed by atoms with E-state index in [9.17, 15) is 4.79 Å². The first-order valence-corrected chi connectivity index (χ1v) is 8.96. The van der Waals surface area contributed by atoms with Crippen molar-refractivity contribution in [3.63, 3.8) is 0 Å². The lowest BCUT2D eigenvalue weighted by Gasteiger charge is -2.07. The van der Waals surface area contributed by atoms with Gasteiger partial charge in [-0.15, -0.1) is 5.10 Å². The molecule has 0 saturated heterocycles. The van der Waals surface area contributed by atoms with E-state index < -0.39 is 0 Å². The summed E-state index contributed by atoms with van der Waals surface area (Å²) in [6.07, 6.45) is 1.65. The minimum absolute atomic E-state index is 0.289. The average Bonchev–Trinajstić information content (AvgIpc) is 3.23. The predicted octanol–water partition coefficient (Wildman–Crippen LogP) is 3.51. The van der Waals surface area contributed by atoms with Crippen LogP contribution in [0.2, 0.25) is 0 Å². The molecule has 2 aromatic heterocycles. The Labute approximate surface area is 167 Å². The zero-order valence-corrected chi connectivity index (χ0v) is 15.4. The molecule has 0 radical (unpaired) electrons. The third-order valence-electron chi connectivity index (χ3n) is 4.25. The molecule has 0 amide bonds. The van der Waals surface area contributed by atoms with E-state index in [4.69, 9.17) is 5.26 Å². The van der Waals surface area contributed by atoms with Crippen LogP contribution in [0.15, 0.2) is 79.0 Å². The van der Waals surface area contributed by atoms with Crippen molar-refractivity contribution in [2.45, 2.75) is 6.54 Å². The summed E-state index contributed by atoms with van der Waals surface area (Å²) in [7, 11) is 0. The van der Waals surface area contributed by atoms with E-state index in [1.807, 2.05) is 24.3 Å². The molecule has 0 fully saturated rings. The number of nitrogens with zero attached hydrogens (tertiary/aromatic N) is 5. The van der Waals surface area contributed by atoms with Crippen LogP contribution in [0, 0.1) is 11.3 Å². The van der Waals surface area contributed by atoms with Gasteiger partial charge in [0.15, 0.2) is 0 Å². The quantitative estimate of drug-likeness (QED) is 0.569. The first kappa shape index (κ1) is 18.1. The first-order chi connectivity index (χ1) is 14.2. The van der Waals surface area contributed by atoms with Crippen molar-refractivity contribution in [2.75, 3.05) is 5.32 Å². The molecule has 4 rings (SSSR count). The van der Waals surface area contributed by atoms with Gasteiger partial charge in [0.1, 0.15) is 5.69 Å². The minimum atomic E-state index is -0.289. The number of nitrogens with one attached hydrogen (secondary N) is 1. The summed E-state index contributed by atoms with van der Waals surface area (Å²) in [5.41, 5.74) is 2.62. The number of pyridine rings is 1. The Balaban J connectivity index is 1.66.